The lowest BCUT2D eigenvalue weighted by Crippen LogP contribution is -2.89. The first-order valence-electron chi connectivity index (χ1n) is 34.9. The molecule has 5 fully saturated rings. The van der Waals surface area contributed by atoms with Gasteiger partial charge in [0.2, 0.25) is 76.8 Å². The van der Waals surface area contributed by atoms with Crippen molar-refractivity contribution >= 4 is 88.7 Å². The summed E-state index contributed by atoms with van der Waals surface area (Å²) in [5, 5.41) is 35.3. The summed E-state index contributed by atoms with van der Waals surface area (Å²) >= 11 is 0. The van der Waals surface area contributed by atoms with E-state index in [4.69, 9.17) is 5.73 Å². The molecule has 7 rings (SSSR count). The van der Waals surface area contributed by atoms with Crippen molar-refractivity contribution in [2.75, 3.05) is 45.8 Å². The monoisotopic (exact) mass is 1390 g/mol. The van der Waals surface area contributed by atoms with Crippen LogP contribution in [-0.2, 0) is 84.8 Å². The number of amides is 14. The minimum Gasteiger partial charge on any atom is -0.480 e. The quantitative estimate of drug-likeness (QED) is 0.0336. The van der Waals surface area contributed by atoms with Gasteiger partial charge >= 0.3 is 5.97 Å². The second-order valence-corrected chi connectivity index (χ2v) is 27.4. The van der Waals surface area contributed by atoms with E-state index in [1.165, 1.54) is 33.4 Å². The van der Waals surface area contributed by atoms with Crippen LogP contribution in [-0.4, -0.2) is 232 Å². The van der Waals surface area contributed by atoms with Crippen LogP contribution in [0.4, 0.5) is 0 Å². The number of benzene rings is 2. The molecule has 0 aromatic heterocycles. The molecule has 31 nitrogen and oxygen atoms in total. The largest absolute Gasteiger partial charge is 0.480 e. The first kappa shape index (κ1) is 77.8. The van der Waals surface area contributed by atoms with E-state index in [9.17, 15) is 77.0 Å². The lowest BCUT2D eigenvalue weighted by atomic mass is 9.98. The highest BCUT2D eigenvalue weighted by atomic mass is 16.4. The number of hydrogen-bond donors (Lipinski definition) is 12. The van der Waals surface area contributed by atoms with E-state index < -0.39 is 162 Å². The summed E-state index contributed by atoms with van der Waals surface area (Å²) < 4.78 is 0. The summed E-state index contributed by atoms with van der Waals surface area (Å²) in [5.41, 5.74) is 6.78. The number of aliphatic carboxylic acids is 1. The Kier molecular flexibility index (Phi) is 28.8. The molecule has 0 spiro atoms. The SMILES string of the molecule is CC(C)C[C@H](NC(=O)[C@@H](NC(=O)[C@@H]1CCC[NH2+]1)C(C)C)C(=O)N[C@@H](Cc1ccccc1)C(=O)N1CCC[C@H]1C(=O)NCC(=O)N[C@@H](C)C(=O)N1CCC[C@H]1C(=O)N[C@@H](Cc1ccccc1)C(=O)NCC(=O)N[C@@H](CCC(N)=O)C(=O)N1CCC[C@H]1C(=O)N1CCC[C@H]1C(=O)N[C@@H](C)C(=O)O. The van der Waals surface area contributed by atoms with Crippen molar-refractivity contribution in [2.24, 2.45) is 17.6 Å². The van der Waals surface area contributed by atoms with Crippen LogP contribution in [0.3, 0.4) is 0 Å². The van der Waals surface area contributed by atoms with E-state index >= 15 is 0 Å². The fourth-order valence-electron chi connectivity index (χ4n) is 13.5. The molecule has 0 unspecified atom stereocenters. The number of likely N-dealkylation sites (tertiary alicyclic amines) is 4. The molecule has 0 bridgehead atoms. The number of nitrogens with one attached hydrogen (secondary N) is 9. The number of hydrogen-bond acceptors (Lipinski definition) is 15. The van der Waals surface area contributed by atoms with Crippen LogP contribution >= 0.6 is 0 Å². The molecule has 31 heteroatoms. The fourth-order valence-corrected chi connectivity index (χ4v) is 13.5. The maximum Gasteiger partial charge on any atom is 0.325 e. The minimum atomic E-state index is -1.39. The lowest BCUT2D eigenvalue weighted by Gasteiger charge is -2.33. The van der Waals surface area contributed by atoms with E-state index in [0.29, 0.717) is 43.2 Å². The summed E-state index contributed by atoms with van der Waals surface area (Å²) in [6, 6.07) is 4.75. The second-order valence-electron chi connectivity index (χ2n) is 27.4. The molecule has 5 aliphatic rings. The molecular formula is C69H100N15O16+. The zero-order chi connectivity index (χ0) is 72.9. The van der Waals surface area contributed by atoms with Crippen LogP contribution in [0, 0.1) is 11.8 Å². The average Bonchev–Trinajstić information content (AvgIpc) is 1.62. The van der Waals surface area contributed by atoms with E-state index in [2.05, 4.69) is 47.9 Å². The van der Waals surface area contributed by atoms with E-state index in [1.54, 1.807) is 74.5 Å². The van der Waals surface area contributed by atoms with Gasteiger partial charge in [-0.2, -0.15) is 0 Å². The first-order valence-corrected chi connectivity index (χ1v) is 34.9. The summed E-state index contributed by atoms with van der Waals surface area (Å²) in [6.07, 6.45) is 3.67. The van der Waals surface area contributed by atoms with Crippen LogP contribution < -0.4 is 58.9 Å². The minimum absolute atomic E-state index is 0.0378. The normalized spacial score (nSPS) is 20.9. The molecule has 5 saturated heterocycles. The van der Waals surface area contributed by atoms with Crippen molar-refractivity contribution in [2.45, 2.75) is 210 Å². The molecule has 0 radical (unpaired) electrons. The highest BCUT2D eigenvalue weighted by molar-refractivity contribution is 6.00. The molecule has 0 aliphatic carbocycles. The van der Waals surface area contributed by atoms with Gasteiger partial charge in [0.25, 0.3) is 5.91 Å². The molecule has 2 aromatic rings. The second kappa shape index (κ2) is 37.0. The van der Waals surface area contributed by atoms with Crippen LogP contribution in [0.2, 0.25) is 0 Å². The van der Waals surface area contributed by atoms with Gasteiger partial charge in [-0.25, -0.2) is 0 Å². The summed E-state index contributed by atoms with van der Waals surface area (Å²) in [6.45, 7) is 10.1. The molecule has 546 valence electrons. The van der Waals surface area contributed by atoms with Crippen LogP contribution in [0.1, 0.15) is 136 Å². The summed E-state index contributed by atoms with van der Waals surface area (Å²) in [5.74, 6) is -10.8. The molecular weight excluding hydrogens is 1290 g/mol. The van der Waals surface area contributed by atoms with Crippen molar-refractivity contribution < 1.29 is 82.3 Å². The number of nitrogens with two attached hydrogens (primary N) is 2. The van der Waals surface area contributed by atoms with Gasteiger partial charge in [-0.3, -0.25) is 71.9 Å². The fraction of sp³-hybridized carbons (Fsp3) is 0.609. The summed E-state index contributed by atoms with van der Waals surface area (Å²) in [4.78, 5) is 210. The standard InChI is InChI=1S/C69H99N15O16/c1-39(2)34-47(78-64(94)57(40(3)4)80-59(89)45-22-13-29-71-45)60(90)79-49(36-44-20-11-8-12-21-44)67(97)82-31-14-23-50(82)61(91)73-37-55(86)74-41(5)65(95)81-30-15-25-52(81)63(93)77-48(35-43-18-9-7-10-19-43)58(88)72-38-56(87)76-46(27-28-54(70)85)66(96)84-33-17-26-53(84)68(98)83-32-16-24-51(83)62(92)75-42(6)69(99)100/h7-12,18-21,39-42,45-53,57,71H,13-17,22-38H2,1-6H3,(H2,70,85)(H,72,88)(H,73,91)(H,74,86)(H,75,92)(H,76,87)(H,77,93)(H,78,94)(H,79,90)(H,80,89)(H,99,100)/p+1/t41-,42-,45-,46-,47-,48-,49-,50-,51-,52-,53-,57-/m0/s1. The van der Waals surface area contributed by atoms with Crippen molar-refractivity contribution in [3.05, 3.63) is 71.8 Å². The number of carbonyl (C=O) groups excluding carboxylic acids is 14. The first-order chi connectivity index (χ1) is 47.6. The van der Waals surface area contributed by atoms with Gasteiger partial charge in [0.05, 0.1) is 19.6 Å². The van der Waals surface area contributed by atoms with Gasteiger partial charge in [-0.05, 0) is 101 Å². The molecule has 2 aromatic carbocycles. The molecule has 0 saturated carbocycles. The Balaban J connectivity index is 0.934. The number of quaternary nitrogens is 1. The molecule has 100 heavy (non-hydrogen) atoms. The predicted octanol–water partition coefficient (Wildman–Crippen LogP) is -3.12. The Morgan fingerprint density at radius 1 is 0.480 bits per heavy atom. The number of rotatable bonds is 33. The third-order valence-electron chi connectivity index (χ3n) is 18.9. The zero-order valence-corrected chi connectivity index (χ0v) is 57.9. The number of carboxylic acid groups (broad SMARTS) is 1. The molecule has 5 heterocycles. The Morgan fingerprint density at radius 3 is 1.54 bits per heavy atom. The van der Waals surface area contributed by atoms with Crippen molar-refractivity contribution in [3.63, 3.8) is 0 Å². The van der Waals surface area contributed by atoms with Gasteiger partial charge in [0, 0.05) is 58.3 Å². The third-order valence-corrected chi connectivity index (χ3v) is 18.9. The van der Waals surface area contributed by atoms with Crippen LogP contribution in [0.5, 0.6) is 0 Å². The Hall–Kier alpha value is -9.55. The number of carbonyl (C=O) groups is 15. The zero-order valence-electron chi connectivity index (χ0n) is 57.9. The van der Waals surface area contributed by atoms with Crippen LogP contribution in [0.15, 0.2) is 60.7 Å². The topological polar surface area (TPSA) is 440 Å². The highest BCUT2D eigenvalue weighted by Gasteiger charge is 2.46. The molecule has 14 amide bonds. The molecule has 12 atom stereocenters. The maximum atomic E-state index is 14.7. The number of nitrogens with zero attached hydrogens (tertiary/aromatic N) is 4. The highest BCUT2D eigenvalue weighted by Crippen LogP contribution is 2.27. The van der Waals surface area contributed by atoms with Gasteiger partial charge in [0.1, 0.15) is 66.5 Å². The number of primary amides is 1. The van der Waals surface area contributed by atoms with Gasteiger partial charge in [-0.15, -0.1) is 0 Å². The van der Waals surface area contributed by atoms with Gasteiger partial charge < -0.3 is 83.6 Å². The van der Waals surface area contributed by atoms with Gasteiger partial charge in [0.15, 0.2) is 6.04 Å². The van der Waals surface area contributed by atoms with E-state index in [-0.39, 0.29) is 108 Å². The third kappa shape index (κ3) is 21.7. The Morgan fingerprint density at radius 2 is 0.980 bits per heavy atom. The Labute approximate surface area is 581 Å². The maximum absolute atomic E-state index is 14.7. The van der Waals surface area contributed by atoms with E-state index in [0.717, 1.165) is 13.0 Å². The summed E-state index contributed by atoms with van der Waals surface area (Å²) in [7, 11) is 0. The predicted molar refractivity (Wildman–Crippen MR) is 360 cm³/mol. The van der Waals surface area contributed by atoms with Crippen LogP contribution in [0.25, 0.3) is 0 Å². The molecule has 14 N–H and O–H groups in total. The lowest BCUT2D eigenvalue weighted by molar-refractivity contribution is -0.657. The van der Waals surface area contributed by atoms with Gasteiger partial charge in [-0.1, -0.05) is 88.4 Å². The Bertz CT molecular complexity index is 3300. The number of carboxylic acids is 1. The van der Waals surface area contributed by atoms with E-state index in [1.807, 2.05) is 19.2 Å². The molecule has 5 aliphatic heterocycles. The smallest absolute Gasteiger partial charge is 0.325 e. The van der Waals surface area contributed by atoms with Crippen molar-refractivity contribution in [1.29, 1.82) is 0 Å². The average molecular weight is 1400 g/mol. The van der Waals surface area contributed by atoms with Crippen molar-refractivity contribution in [1.82, 2.24) is 67.5 Å². The van der Waals surface area contributed by atoms with Crippen molar-refractivity contribution in [3.8, 4) is 0 Å².